The van der Waals surface area contributed by atoms with E-state index in [1.807, 2.05) is 19.1 Å². The summed E-state index contributed by atoms with van der Waals surface area (Å²) in [6.07, 6.45) is 2.72. The summed E-state index contributed by atoms with van der Waals surface area (Å²) in [7, 11) is -3.62. The first-order chi connectivity index (χ1) is 12.7. The second-order valence-electron chi connectivity index (χ2n) is 6.60. The predicted octanol–water partition coefficient (Wildman–Crippen LogP) is 3.47. The Hall–Kier alpha value is -2.05. The average molecular weight is 409 g/mol. The summed E-state index contributed by atoms with van der Waals surface area (Å²) in [4.78, 5) is 12.3. The van der Waals surface area contributed by atoms with Gasteiger partial charge in [-0.15, -0.1) is 0 Å². The Balaban J connectivity index is 1.95. The Morgan fingerprint density at radius 2 is 1.85 bits per heavy atom. The van der Waals surface area contributed by atoms with Crippen LogP contribution in [0.2, 0.25) is 5.02 Å². The minimum atomic E-state index is -3.62. The molecule has 5 nitrogen and oxygen atoms in total. The lowest BCUT2D eigenvalue weighted by atomic mass is 10.1. The molecular weight excluding hydrogens is 384 g/mol. The molecule has 0 aliphatic heterocycles. The van der Waals surface area contributed by atoms with Crippen LogP contribution in [-0.4, -0.2) is 33.7 Å². The molecule has 2 aromatic carbocycles. The van der Waals surface area contributed by atoms with Crippen molar-refractivity contribution in [3.63, 3.8) is 0 Å². The summed E-state index contributed by atoms with van der Waals surface area (Å²) in [5.41, 5.74) is 3.46. The highest BCUT2D eigenvalue weighted by Crippen LogP contribution is 2.27. The number of rotatable bonds is 8. The van der Waals surface area contributed by atoms with Gasteiger partial charge in [0.2, 0.25) is 15.9 Å². The van der Waals surface area contributed by atoms with E-state index in [9.17, 15) is 13.2 Å². The molecule has 0 saturated carbocycles. The fraction of sp³-hybridized carbons (Fsp3) is 0.350. The van der Waals surface area contributed by atoms with E-state index in [2.05, 4.69) is 17.4 Å². The molecule has 1 N–H and O–H groups in total. The smallest absolute Gasteiger partial charge is 0.240 e. The third-order valence-corrected chi connectivity index (χ3v) is 5.78. The van der Waals surface area contributed by atoms with Gasteiger partial charge >= 0.3 is 0 Å². The molecule has 0 spiro atoms. The third kappa shape index (κ3) is 6.26. The van der Waals surface area contributed by atoms with Crippen LogP contribution in [0, 0.1) is 13.8 Å². The van der Waals surface area contributed by atoms with Gasteiger partial charge in [0.1, 0.15) is 6.54 Å². The number of halogens is 1. The second-order valence-corrected chi connectivity index (χ2v) is 8.91. The first-order valence-corrected chi connectivity index (χ1v) is 11.0. The Bertz CT molecular complexity index is 913. The van der Waals surface area contributed by atoms with Gasteiger partial charge < -0.3 is 5.32 Å². The highest BCUT2D eigenvalue weighted by atomic mass is 35.5. The van der Waals surface area contributed by atoms with Crippen molar-refractivity contribution in [2.24, 2.45) is 0 Å². The van der Waals surface area contributed by atoms with Crippen molar-refractivity contribution >= 4 is 33.2 Å². The summed E-state index contributed by atoms with van der Waals surface area (Å²) >= 11 is 6.09. The molecule has 2 aromatic rings. The number of anilines is 1. The monoisotopic (exact) mass is 408 g/mol. The van der Waals surface area contributed by atoms with Crippen LogP contribution in [0.1, 0.15) is 23.1 Å². The van der Waals surface area contributed by atoms with Gasteiger partial charge in [0, 0.05) is 11.6 Å². The molecule has 2 rings (SSSR count). The Labute approximate surface area is 166 Å². The molecule has 0 unspecified atom stereocenters. The first kappa shape index (κ1) is 21.3. The lowest BCUT2D eigenvalue weighted by Crippen LogP contribution is -2.41. The van der Waals surface area contributed by atoms with E-state index < -0.39 is 10.0 Å². The molecule has 146 valence electrons. The molecule has 1 amide bonds. The minimum Gasteiger partial charge on any atom is -0.355 e. The summed E-state index contributed by atoms with van der Waals surface area (Å²) in [6.45, 7) is 3.99. The quantitative estimate of drug-likeness (QED) is 0.680. The number of aryl methyl sites for hydroxylation is 2. The number of amides is 1. The van der Waals surface area contributed by atoms with Gasteiger partial charge in [-0.2, -0.15) is 0 Å². The van der Waals surface area contributed by atoms with Crippen LogP contribution < -0.4 is 9.62 Å². The van der Waals surface area contributed by atoms with Gasteiger partial charge in [-0.25, -0.2) is 8.42 Å². The summed E-state index contributed by atoms with van der Waals surface area (Å²) in [5, 5.41) is 3.25. The lowest BCUT2D eigenvalue weighted by Gasteiger charge is -2.24. The van der Waals surface area contributed by atoms with Gasteiger partial charge in [-0.3, -0.25) is 9.10 Å². The average Bonchev–Trinajstić information content (AvgIpc) is 2.58. The SMILES string of the molecule is Cc1cccc(CCCNC(=O)CN(c2cccc(Cl)c2C)S(C)(=O)=O)c1. The van der Waals surface area contributed by atoms with Crippen molar-refractivity contribution in [1.29, 1.82) is 0 Å². The van der Waals surface area contributed by atoms with E-state index in [1.54, 1.807) is 25.1 Å². The number of benzene rings is 2. The maximum atomic E-state index is 12.3. The Morgan fingerprint density at radius 3 is 2.52 bits per heavy atom. The fourth-order valence-corrected chi connectivity index (χ4v) is 3.90. The molecule has 0 heterocycles. The summed E-state index contributed by atoms with van der Waals surface area (Å²) in [5.74, 6) is -0.343. The van der Waals surface area contributed by atoms with Crippen molar-refractivity contribution in [3.05, 3.63) is 64.2 Å². The third-order valence-electron chi connectivity index (χ3n) is 4.24. The van der Waals surface area contributed by atoms with Crippen molar-refractivity contribution < 1.29 is 13.2 Å². The molecule has 27 heavy (non-hydrogen) atoms. The molecule has 0 bridgehead atoms. The van der Waals surface area contributed by atoms with Crippen molar-refractivity contribution in [1.82, 2.24) is 5.32 Å². The molecule has 0 saturated heterocycles. The van der Waals surface area contributed by atoms with Gasteiger partial charge in [0.25, 0.3) is 0 Å². The van der Waals surface area contributed by atoms with Gasteiger partial charge in [-0.1, -0.05) is 47.5 Å². The maximum Gasteiger partial charge on any atom is 0.240 e. The zero-order chi connectivity index (χ0) is 20.0. The number of nitrogens with zero attached hydrogens (tertiary/aromatic N) is 1. The molecule has 0 aromatic heterocycles. The van der Waals surface area contributed by atoms with E-state index in [0.717, 1.165) is 23.4 Å². The molecule has 7 heteroatoms. The number of sulfonamides is 1. The van der Waals surface area contributed by atoms with Crippen LogP contribution in [0.25, 0.3) is 0 Å². The lowest BCUT2D eigenvalue weighted by molar-refractivity contribution is -0.119. The normalized spacial score (nSPS) is 11.3. The number of nitrogens with one attached hydrogen (secondary N) is 1. The summed E-state index contributed by atoms with van der Waals surface area (Å²) in [6, 6.07) is 13.2. The van der Waals surface area contributed by atoms with E-state index in [-0.39, 0.29) is 12.5 Å². The van der Waals surface area contributed by atoms with Crippen LogP contribution in [0.4, 0.5) is 5.69 Å². The minimum absolute atomic E-state index is 0.273. The highest BCUT2D eigenvalue weighted by molar-refractivity contribution is 7.92. The van der Waals surface area contributed by atoms with Gasteiger partial charge in [0.05, 0.1) is 11.9 Å². The number of carbonyl (C=O) groups excluding carboxylic acids is 1. The second kappa shape index (κ2) is 9.24. The molecule has 0 aliphatic carbocycles. The van der Waals surface area contributed by atoms with Crippen LogP contribution in [0.5, 0.6) is 0 Å². The Morgan fingerprint density at radius 1 is 1.15 bits per heavy atom. The molecule has 0 aliphatic rings. The highest BCUT2D eigenvalue weighted by Gasteiger charge is 2.22. The van der Waals surface area contributed by atoms with Crippen LogP contribution in [-0.2, 0) is 21.2 Å². The van der Waals surface area contributed by atoms with Crippen LogP contribution in [0.3, 0.4) is 0 Å². The molecule has 0 atom stereocenters. The largest absolute Gasteiger partial charge is 0.355 e. The topological polar surface area (TPSA) is 66.5 Å². The standard InChI is InChI=1S/C20H25ClN2O3S/c1-15-7-4-8-17(13-15)9-6-12-22-20(24)14-23(27(3,25)26)19-11-5-10-18(21)16(19)2/h4-5,7-8,10-11,13H,6,9,12,14H2,1-3H3,(H,22,24). The summed E-state index contributed by atoms with van der Waals surface area (Å²) < 4.78 is 25.4. The molecule has 0 radical (unpaired) electrons. The van der Waals surface area contributed by atoms with Gasteiger partial charge in [0.15, 0.2) is 0 Å². The van der Waals surface area contributed by atoms with Gasteiger partial charge in [-0.05, 0) is 49.9 Å². The van der Waals surface area contributed by atoms with E-state index in [4.69, 9.17) is 11.6 Å². The number of carbonyl (C=O) groups is 1. The maximum absolute atomic E-state index is 12.3. The van der Waals surface area contributed by atoms with Crippen molar-refractivity contribution in [2.75, 3.05) is 23.7 Å². The van der Waals surface area contributed by atoms with Crippen LogP contribution >= 0.6 is 11.6 Å². The zero-order valence-electron chi connectivity index (χ0n) is 15.8. The fourth-order valence-electron chi connectivity index (χ4n) is 2.82. The van der Waals surface area contributed by atoms with E-state index in [1.165, 1.54) is 11.1 Å². The number of hydrogen-bond donors (Lipinski definition) is 1. The van der Waals surface area contributed by atoms with Crippen molar-refractivity contribution in [3.8, 4) is 0 Å². The van der Waals surface area contributed by atoms with E-state index in [0.29, 0.717) is 22.8 Å². The van der Waals surface area contributed by atoms with E-state index >= 15 is 0 Å². The molecular formula is C20H25ClN2O3S. The zero-order valence-corrected chi connectivity index (χ0v) is 17.4. The number of hydrogen-bond acceptors (Lipinski definition) is 3. The van der Waals surface area contributed by atoms with Crippen LogP contribution in [0.15, 0.2) is 42.5 Å². The Kier molecular flexibility index (Phi) is 7.27. The van der Waals surface area contributed by atoms with Crippen molar-refractivity contribution in [2.45, 2.75) is 26.7 Å². The predicted molar refractivity (Wildman–Crippen MR) is 111 cm³/mol. The molecule has 0 fully saturated rings. The first-order valence-electron chi connectivity index (χ1n) is 8.73.